The number of Topliss-reactive ketones (excluding diaryl/α,β-unsaturated/α-hetero) is 1. The van der Waals surface area contributed by atoms with E-state index in [0.717, 1.165) is 11.1 Å². The second-order valence-electron chi connectivity index (χ2n) is 6.05. The number of benzene rings is 1. The molecule has 1 heterocycles. The number of hydrogen-bond acceptors (Lipinski definition) is 8. The van der Waals surface area contributed by atoms with E-state index >= 15 is 0 Å². The van der Waals surface area contributed by atoms with Crippen LogP contribution in [0.4, 0.5) is 11.8 Å². The highest BCUT2D eigenvalue weighted by molar-refractivity contribution is 5.82. The maximum absolute atomic E-state index is 11.8. The van der Waals surface area contributed by atoms with Gasteiger partial charge in [-0.2, -0.15) is 4.98 Å². The maximum atomic E-state index is 11.8. The smallest absolute Gasteiger partial charge is 0.221 e. The van der Waals surface area contributed by atoms with Crippen molar-refractivity contribution in [3.8, 4) is 17.2 Å². The van der Waals surface area contributed by atoms with E-state index < -0.39 is 0 Å². The van der Waals surface area contributed by atoms with Crippen LogP contribution in [0.15, 0.2) is 18.3 Å². The summed E-state index contributed by atoms with van der Waals surface area (Å²) in [6.45, 7) is 3.59. The first-order valence-corrected chi connectivity index (χ1v) is 8.13. The normalized spacial score (nSPS) is 10.7. The molecule has 0 aliphatic heterocycles. The molecule has 2 aromatic rings. The molecule has 8 heteroatoms. The predicted octanol–water partition coefficient (Wildman–Crippen LogP) is 1.85. The number of nitrogen functional groups attached to an aromatic ring is 2. The Hall–Kier alpha value is -3.03. The van der Waals surface area contributed by atoms with Crippen molar-refractivity contribution < 1.29 is 19.0 Å². The molecular weight excluding hydrogens is 336 g/mol. The van der Waals surface area contributed by atoms with Gasteiger partial charge in [-0.25, -0.2) is 4.98 Å². The van der Waals surface area contributed by atoms with E-state index in [9.17, 15) is 4.79 Å². The number of aromatic nitrogens is 2. The molecule has 0 spiro atoms. The summed E-state index contributed by atoms with van der Waals surface area (Å²) in [7, 11) is 3.05. The van der Waals surface area contributed by atoms with E-state index in [4.69, 9.17) is 25.7 Å². The lowest BCUT2D eigenvalue weighted by Crippen LogP contribution is -2.17. The zero-order valence-corrected chi connectivity index (χ0v) is 15.4. The van der Waals surface area contributed by atoms with Crippen molar-refractivity contribution in [2.75, 3.05) is 32.3 Å². The number of nitrogens with two attached hydrogens (primary N) is 2. The Morgan fingerprint density at radius 3 is 2.27 bits per heavy atom. The van der Waals surface area contributed by atoms with Crippen LogP contribution < -0.4 is 25.7 Å². The van der Waals surface area contributed by atoms with Crippen molar-refractivity contribution in [2.24, 2.45) is 5.92 Å². The molecule has 4 N–H and O–H groups in total. The Bertz CT molecular complexity index is 768. The number of methoxy groups -OCH3 is 2. The molecule has 1 aromatic heterocycles. The van der Waals surface area contributed by atoms with Crippen molar-refractivity contribution >= 4 is 17.5 Å². The molecule has 8 nitrogen and oxygen atoms in total. The van der Waals surface area contributed by atoms with Gasteiger partial charge in [-0.05, 0) is 17.7 Å². The Labute approximate surface area is 152 Å². The minimum Gasteiger partial charge on any atom is -0.493 e. The highest BCUT2D eigenvalue weighted by atomic mass is 16.5. The first kappa shape index (κ1) is 19.3. The minimum absolute atomic E-state index is 0.00928. The fourth-order valence-corrected chi connectivity index (χ4v) is 2.28. The zero-order valence-electron chi connectivity index (χ0n) is 15.4. The molecule has 0 saturated carbocycles. The molecule has 140 valence electrons. The van der Waals surface area contributed by atoms with Gasteiger partial charge in [0.15, 0.2) is 17.3 Å². The van der Waals surface area contributed by atoms with Crippen LogP contribution in [0.1, 0.15) is 25.0 Å². The molecule has 0 bridgehead atoms. The lowest BCUT2D eigenvalue weighted by molar-refractivity contribution is -0.123. The molecule has 1 aromatic carbocycles. The first-order valence-electron chi connectivity index (χ1n) is 8.13. The summed E-state index contributed by atoms with van der Waals surface area (Å²) >= 11 is 0. The molecule has 0 aliphatic carbocycles. The van der Waals surface area contributed by atoms with Gasteiger partial charge in [0, 0.05) is 24.1 Å². The third-order valence-corrected chi connectivity index (χ3v) is 3.83. The number of rotatable bonds is 8. The van der Waals surface area contributed by atoms with Crippen molar-refractivity contribution in [2.45, 2.75) is 20.3 Å². The number of ketones is 1. The molecule has 0 saturated heterocycles. The van der Waals surface area contributed by atoms with Gasteiger partial charge in [0.05, 0.1) is 14.2 Å². The lowest BCUT2D eigenvalue weighted by atomic mass is 10.1. The fourth-order valence-electron chi connectivity index (χ4n) is 2.28. The van der Waals surface area contributed by atoms with Crippen molar-refractivity contribution in [1.29, 1.82) is 0 Å². The molecule has 0 unspecified atom stereocenters. The average molecular weight is 360 g/mol. The van der Waals surface area contributed by atoms with Gasteiger partial charge in [0.1, 0.15) is 12.4 Å². The SMILES string of the molecule is COc1cc(Cc2cnc(N)nc2N)cc(OC)c1OCC(=O)C(C)C. The van der Waals surface area contributed by atoms with Crippen LogP contribution in [0, 0.1) is 5.92 Å². The zero-order chi connectivity index (χ0) is 19.3. The fraction of sp³-hybridized carbons (Fsp3) is 0.389. The van der Waals surface area contributed by atoms with Crippen LogP contribution in [0.3, 0.4) is 0 Å². The number of hydrogen-bond donors (Lipinski definition) is 2. The monoisotopic (exact) mass is 360 g/mol. The number of carbonyl (C=O) groups is 1. The summed E-state index contributed by atoms with van der Waals surface area (Å²) < 4.78 is 16.5. The highest BCUT2D eigenvalue weighted by Gasteiger charge is 2.17. The molecular formula is C18H24N4O4. The molecule has 0 amide bonds. The Kier molecular flexibility index (Phi) is 6.21. The summed E-state index contributed by atoms with van der Waals surface area (Å²) in [5.74, 6) is 1.63. The lowest BCUT2D eigenvalue weighted by Gasteiger charge is -2.16. The largest absolute Gasteiger partial charge is 0.493 e. The third kappa shape index (κ3) is 4.53. The van der Waals surface area contributed by atoms with E-state index in [1.54, 1.807) is 18.3 Å². The van der Waals surface area contributed by atoms with Crippen LogP contribution >= 0.6 is 0 Å². The standard InChI is InChI=1S/C18H24N4O4/c1-10(2)13(23)9-26-16-14(24-3)6-11(7-15(16)25-4)5-12-8-21-18(20)22-17(12)19/h6-8,10H,5,9H2,1-4H3,(H4,19,20,21,22). The van der Waals surface area contributed by atoms with Gasteiger partial charge in [-0.15, -0.1) is 0 Å². The van der Waals surface area contributed by atoms with Gasteiger partial charge < -0.3 is 25.7 Å². The Morgan fingerprint density at radius 1 is 1.15 bits per heavy atom. The number of anilines is 2. The van der Waals surface area contributed by atoms with Gasteiger partial charge in [0.25, 0.3) is 0 Å². The van der Waals surface area contributed by atoms with E-state index in [0.29, 0.717) is 29.5 Å². The van der Waals surface area contributed by atoms with Crippen molar-refractivity contribution in [3.63, 3.8) is 0 Å². The Morgan fingerprint density at radius 2 is 1.77 bits per heavy atom. The molecule has 26 heavy (non-hydrogen) atoms. The number of ether oxygens (including phenoxy) is 3. The van der Waals surface area contributed by atoms with E-state index in [1.165, 1.54) is 14.2 Å². The van der Waals surface area contributed by atoms with E-state index in [-0.39, 0.29) is 24.3 Å². The highest BCUT2D eigenvalue weighted by Crippen LogP contribution is 2.39. The van der Waals surface area contributed by atoms with Gasteiger partial charge in [-0.3, -0.25) is 4.79 Å². The Balaban J connectivity index is 2.31. The summed E-state index contributed by atoms with van der Waals surface area (Å²) in [5, 5.41) is 0. The van der Waals surface area contributed by atoms with Crippen LogP contribution in [-0.4, -0.2) is 36.6 Å². The predicted molar refractivity (Wildman–Crippen MR) is 98.5 cm³/mol. The molecule has 0 fully saturated rings. The van der Waals surface area contributed by atoms with E-state index in [1.807, 2.05) is 13.8 Å². The minimum atomic E-state index is -0.111. The van der Waals surface area contributed by atoms with Gasteiger partial charge in [-0.1, -0.05) is 13.8 Å². The second-order valence-corrected chi connectivity index (χ2v) is 6.05. The van der Waals surface area contributed by atoms with Gasteiger partial charge >= 0.3 is 0 Å². The van der Waals surface area contributed by atoms with Crippen molar-refractivity contribution in [1.82, 2.24) is 9.97 Å². The molecule has 0 radical (unpaired) electrons. The maximum Gasteiger partial charge on any atom is 0.221 e. The second kappa shape index (κ2) is 8.37. The molecule has 0 atom stereocenters. The average Bonchev–Trinajstić information content (AvgIpc) is 2.61. The number of carbonyl (C=O) groups excluding carboxylic acids is 1. The summed E-state index contributed by atoms with van der Waals surface area (Å²) in [4.78, 5) is 19.8. The van der Waals surface area contributed by atoms with E-state index in [2.05, 4.69) is 9.97 Å². The topological polar surface area (TPSA) is 123 Å². The summed E-state index contributed by atoms with van der Waals surface area (Å²) in [6, 6.07) is 3.60. The summed E-state index contributed by atoms with van der Waals surface area (Å²) in [6.07, 6.45) is 2.05. The third-order valence-electron chi connectivity index (χ3n) is 3.83. The molecule has 0 aliphatic rings. The van der Waals surface area contributed by atoms with Crippen LogP contribution in [0.25, 0.3) is 0 Å². The first-order chi connectivity index (χ1) is 12.3. The quantitative estimate of drug-likeness (QED) is 0.731. The summed E-state index contributed by atoms with van der Waals surface area (Å²) in [5.41, 5.74) is 13.0. The van der Waals surface area contributed by atoms with Crippen LogP contribution in [-0.2, 0) is 11.2 Å². The van der Waals surface area contributed by atoms with Crippen molar-refractivity contribution in [3.05, 3.63) is 29.5 Å². The van der Waals surface area contributed by atoms with Crippen LogP contribution in [0.5, 0.6) is 17.2 Å². The van der Waals surface area contributed by atoms with Gasteiger partial charge in [0.2, 0.25) is 11.7 Å². The molecule has 2 rings (SSSR count). The van der Waals surface area contributed by atoms with Crippen LogP contribution in [0.2, 0.25) is 0 Å². The number of nitrogens with zero attached hydrogens (tertiary/aromatic N) is 2.